The zero-order valence-corrected chi connectivity index (χ0v) is 11.5. The number of nitrogens with one attached hydrogen (secondary N) is 1. The highest BCUT2D eigenvalue weighted by Crippen LogP contribution is 2.14. The molecule has 2 rings (SSSR count). The van der Waals surface area contributed by atoms with Crippen LogP contribution in [-0.4, -0.2) is 27.8 Å². The zero-order valence-electron chi connectivity index (χ0n) is 10.8. The molecular weight excluding hydrogens is 262 g/mol. The molecule has 0 aliphatic carbocycles. The van der Waals surface area contributed by atoms with Gasteiger partial charge in [0.15, 0.2) is 0 Å². The molecular formula is C14H16ClN3O. The lowest BCUT2D eigenvalue weighted by Gasteiger charge is -2.16. The molecule has 0 fully saturated rings. The van der Waals surface area contributed by atoms with Crippen LogP contribution in [-0.2, 0) is 0 Å². The van der Waals surface area contributed by atoms with Gasteiger partial charge in [-0.3, -0.25) is 14.8 Å². The first-order valence-electron chi connectivity index (χ1n) is 6.32. The number of rotatable bonds is 5. The van der Waals surface area contributed by atoms with Gasteiger partial charge in [-0.25, -0.2) is 0 Å². The molecule has 0 aliphatic rings. The Bertz CT molecular complexity index is 568. The summed E-state index contributed by atoms with van der Waals surface area (Å²) in [7, 11) is 0. The maximum absolute atomic E-state index is 12.3. The van der Waals surface area contributed by atoms with E-state index in [1.807, 2.05) is 19.1 Å². The van der Waals surface area contributed by atoms with Gasteiger partial charge in [-0.05, 0) is 25.0 Å². The number of fused-ring (bicyclic) bond motifs is 1. The van der Waals surface area contributed by atoms with Crippen molar-refractivity contribution in [1.82, 2.24) is 15.3 Å². The molecule has 2 aromatic rings. The second kappa shape index (κ2) is 6.48. The Hall–Kier alpha value is -1.68. The second-order valence-electron chi connectivity index (χ2n) is 4.29. The molecule has 0 radical (unpaired) electrons. The monoisotopic (exact) mass is 277 g/mol. The Kier molecular flexibility index (Phi) is 4.68. The van der Waals surface area contributed by atoms with Gasteiger partial charge in [0.05, 0.1) is 11.1 Å². The molecule has 5 heteroatoms. The third-order valence-electron chi connectivity index (χ3n) is 3.03. The summed E-state index contributed by atoms with van der Waals surface area (Å²) >= 11 is 5.73. The van der Waals surface area contributed by atoms with Crippen molar-refractivity contribution in [1.29, 1.82) is 0 Å². The first-order chi connectivity index (χ1) is 9.26. The topological polar surface area (TPSA) is 54.9 Å². The van der Waals surface area contributed by atoms with Gasteiger partial charge in [0.1, 0.15) is 5.52 Å². The Morgan fingerprint density at radius 3 is 2.89 bits per heavy atom. The van der Waals surface area contributed by atoms with Crippen LogP contribution in [0.15, 0.2) is 30.6 Å². The fourth-order valence-corrected chi connectivity index (χ4v) is 2.21. The van der Waals surface area contributed by atoms with E-state index < -0.39 is 0 Å². The maximum Gasteiger partial charge on any atom is 0.253 e. The molecule has 1 N–H and O–H groups in total. The number of nitrogens with zero attached hydrogens (tertiary/aromatic N) is 2. The fraction of sp³-hybridized carbons (Fsp3) is 0.357. The molecule has 4 nitrogen and oxygen atoms in total. The molecule has 0 bridgehead atoms. The van der Waals surface area contributed by atoms with Crippen LogP contribution in [0.4, 0.5) is 0 Å². The molecule has 19 heavy (non-hydrogen) atoms. The van der Waals surface area contributed by atoms with Crippen molar-refractivity contribution in [3.8, 4) is 0 Å². The largest absolute Gasteiger partial charge is 0.349 e. The standard InChI is InChI=1S/C14H16ClN3O/c1-2-10(6-7-15)18-14(19)11-4-3-5-12-13(11)17-9-8-16-12/h3-5,8-10H,2,6-7H2,1H3,(H,18,19). The number of carbonyl (C=O) groups is 1. The molecule has 1 aromatic heterocycles. The van der Waals surface area contributed by atoms with E-state index in [0.29, 0.717) is 17.0 Å². The molecule has 1 unspecified atom stereocenters. The van der Waals surface area contributed by atoms with Gasteiger partial charge in [-0.15, -0.1) is 11.6 Å². The first kappa shape index (κ1) is 13.7. The lowest BCUT2D eigenvalue weighted by atomic mass is 10.1. The van der Waals surface area contributed by atoms with Gasteiger partial charge < -0.3 is 5.32 Å². The SMILES string of the molecule is CCC(CCCl)NC(=O)c1cccc2nccnc12. The van der Waals surface area contributed by atoms with Gasteiger partial charge in [-0.1, -0.05) is 13.0 Å². The quantitative estimate of drug-likeness (QED) is 0.855. The van der Waals surface area contributed by atoms with Gasteiger partial charge in [0.2, 0.25) is 0 Å². The lowest BCUT2D eigenvalue weighted by Crippen LogP contribution is -2.34. The number of halogens is 1. The van der Waals surface area contributed by atoms with Crippen molar-refractivity contribution < 1.29 is 4.79 Å². The molecule has 1 aromatic carbocycles. The summed E-state index contributed by atoms with van der Waals surface area (Å²) in [5.41, 5.74) is 1.90. The molecule has 0 aliphatic heterocycles. The van der Waals surface area contributed by atoms with Gasteiger partial charge >= 0.3 is 0 Å². The minimum absolute atomic E-state index is 0.0944. The number of amides is 1. The van der Waals surface area contributed by atoms with Gasteiger partial charge in [0, 0.05) is 24.3 Å². The number of alkyl halides is 1. The van der Waals surface area contributed by atoms with Crippen LogP contribution in [0.5, 0.6) is 0 Å². The molecule has 1 amide bonds. The molecule has 1 heterocycles. The minimum Gasteiger partial charge on any atom is -0.349 e. The van der Waals surface area contributed by atoms with Crippen molar-refractivity contribution >= 4 is 28.5 Å². The van der Waals surface area contributed by atoms with Crippen molar-refractivity contribution in [3.05, 3.63) is 36.2 Å². The highest BCUT2D eigenvalue weighted by Gasteiger charge is 2.14. The zero-order chi connectivity index (χ0) is 13.7. The van der Waals surface area contributed by atoms with Crippen LogP contribution in [0.25, 0.3) is 11.0 Å². The molecule has 0 spiro atoms. The second-order valence-corrected chi connectivity index (χ2v) is 4.66. The molecule has 0 saturated heterocycles. The average molecular weight is 278 g/mol. The van der Waals surface area contributed by atoms with E-state index in [4.69, 9.17) is 11.6 Å². The predicted octanol–water partition coefficient (Wildman–Crippen LogP) is 2.77. The number of hydrogen-bond acceptors (Lipinski definition) is 3. The summed E-state index contributed by atoms with van der Waals surface area (Å²) in [6.07, 6.45) is 4.83. The number of carbonyl (C=O) groups excluding carboxylic acids is 1. The van der Waals surface area contributed by atoms with E-state index in [9.17, 15) is 4.79 Å². The predicted molar refractivity (Wildman–Crippen MR) is 76.4 cm³/mol. The Morgan fingerprint density at radius 2 is 2.16 bits per heavy atom. The summed E-state index contributed by atoms with van der Waals surface area (Å²) in [6, 6.07) is 5.51. The normalized spacial score (nSPS) is 12.3. The van der Waals surface area contributed by atoms with Crippen molar-refractivity contribution in [2.45, 2.75) is 25.8 Å². The summed E-state index contributed by atoms with van der Waals surface area (Å²) < 4.78 is 0. The van der Waals surface area contributed by atoms with E-state index in [-0.39, 0.29) is 11.9 Å². The fourth-order valence-electron chi connectivity index (χ4n) is 1.95. The number of benzene rings is 1. The van der Waals surface area contributed by atoms with Gasteiger partial charge in [0.25, 0.3) is 5.91 Å². The Labute approximate surface area is 117 Å². The summed E-state index contributed by atoms with van der Waals surface area (Å²) in [4.78, 5) is 20.7. The summed E-state index contributed by atoms with van der Waals surface area (Å²) in [6.45, 7) is 2.03. The smallest absolute Gasteiger partial charge is 0.253 e. The van der Waals surface area contributed by atoms with Crippen molar-refractivity contribution in [2.24, 2.45) is 0 Å². The number of para-hydroxylation sites is 1. The van der Waals surface area contributed by atoms with E-state index >= 15 is 0 Å². The maximum atomic E-state index is 12.3. The third-order valence-corrected chi connectivity index (χ3v) is 3.25. The van der Waals surface area contributed by atoms with Crippen LogP contribution in [0.3, 0.4) is 0 Å². The third kappa shape index (κ3) is 3.20. The van der Waals surface area contributed by atoms with Crippen LogP contribution < -0.4 is 5.32 Å². The number of aromatic nitrogens is 2. The first-order valence-corrected chi connectivity index (χ1v) is 6.86. The van der Waals surface area contributed by atoms with Gasteiger partial charge in [-0.2, -0.15) is 0 Å². The van der Waals surface area contributed by atoms with E-state index in [1.165, 1.54) is 0 Å². The van der Waals surface area contributed by atoms with Crippen LogP contribution in [0, 0.1) is 0 Å². The Balaban J connectivity index is 2.26. The van der Waals surface area contributed by atoms with E-state index in [0.717, 1.165) is 18.4 Å². The van der Waals surface area contributed by atoms with Crippen LogP contribution >= 0.6 is 11.6 Å². The highest BCUT2D eigenvalue weighted by molar-refractivity contribution is 6.17. The van der Waals surface area contributed by atoms with Crippen LogP contribution in [0.2, 0.25) is 0 Å². The van der Waals surface area contributed by atoms with Crippen molar-refractivity contribution in [3.63, 3.8) is 0 Å². The summed E-state index contributed by atoms with van der Waals surface area (Å²) in [5.74, 6) is 0.414. The minimum atomic E-state index is -0.122. The summed E-state index contributed by atoms with van der Waals surface area (Å²) in [5, 5.41) is 2.98. The van der Waals surface area contributed by atoms with E-state index in [2.05, 4.69) is 15.3 Å². The van der Waals surface area contributed by atoms with Crippen molar-refractivity contribution in [2.75, 3.05) is 5.88 Å². The molecule has 0 saturated carbocycles. The lowest BCUT2D eigenvalue weighted by molar-refractivity contribution is 0.0936. The molecule has 100 valence electrons. The molecule has 1 atom stereocenters. The Morgan fingerprint density at radius 1 is 1.37 bits per heavy atom. The number of hydrogen-bond donors (Lipinski definition) is 1. The average Bonchev–Trinajstić information content (AvgIpc) is 2.46. The van der Waals surface area contributed by atoms with Crippen LogP contribution in [0.1, 0.15) is 30.1 Å². The van der Waals surface area contributed by atoms with E-state index in [1.54, 1.807) is 18.5 Å². The highest BCUT2D eigenvalue weighted by atomic mass is 35.5.